The Labute approximate surface area is 82.6 Å². The van der Waals surface area contributed by atoms with Crippen LogP contribution in [0.25, 0.3) is 0 Å². The van der Waals surface area contributed by atoms with Crippen LogP contribution in [0, 0.1) is 0 Å². The fourth-order valence-corrected chi connectivity index (χ4v) is 0.730. The minimum Gasteiger partial charge on any atom is -0.392 e. The van der Waals surface area contributed by atoms with Crippen LogP contribution in [0.2, 0.25) is 0 Å². The molecule has 0 aromatic rings. The Kier molecular flexibility index (Phi) is 7.11. The van der Waals surface area contributed by atoms with Crippen molar-refractivity contribution in [2.24, 2.45) is 0 Å². The van der Waals surface area contributed by atoms with Gasteiger partial charge in [0.25, 0.3) is 0 Å². The molecule has 0 saturated carbocycles. The van der Waals surface area contributed by atoms with Crippen molar-refractivity contribution in [3.8, 4) is 0 Å². The maximum Gasteiger partial charge on any atom is 0.0642 e. The molecule has 12 heavy (non-hydrogen) atoms. The van der Waals surface area contributed by atoms with Gasteiger partial charge in [0.15, 0.2) is 0 Å². The van der Waals surface area contributed by atoms with Gasteiger partial charge in [-0.15, -0.1) is 0 Å². The minimum atomic E-state index is 0.128. The molecule has 0 aliphatic heterocycles. The van der Waals surface area contributed by atoms with Crippen LogP contribution in [0.4, 0.5) is 0 Å². The van der Waals surface area contributed by atoms with Crippen molar-refractivity contribution in [3.63, 3.8) is 0 Å². The van der Waals surface area contributed by atoms with Crippen LogP contribution in [0.1, 0.15) is 13.8 Å². The predicted octanol–water partition coefficient (Wildman–Crippen LogP) is 2.82. The van der Waals surface area contributed by atoms with E-state index >= 15 is 0 Å². The molecule has 0 heterocycles. The molecular formula is C10H15BrO. The van der Waals surface area contributed by atoms with Crippen LogP contribution in [-0.2, 0) is 0 Å². The van der Waals surface area contributed by atoms with E-state index in [-0.39, 0.29) is 6.61 Å². The van der Waals surface area contributed by atoms with Gasteiger partial charge in [-0.05, 0) is 19.4 Å². The number of alkyl halides is 1. The molecule has 68 valence electrons. The van der Waals surface area contributed by atoms with Crippen molar-refractivity contribution in [1.82, 2.24) is 0 Å². The molecule has 0 saturated heterocycles. The fourth-order valence-electron chi connectivity index (χ4n) is 0.554. The van der Waals surface area contributed by atoms with Gasteiger partial charge < -0.3 is 5.11 Å². The highest BCUT2D eigenvalue weighted by Crippen LogP contribution is 1.98. The Balaban J connectivity index is 3.77. The van der Waals surface area contributed by atoms with Gasteiger partial charge in [0.05, 0.1) is 6.61 Å². The van der Waals surface area contributed by atoms with Crippen LogP contribution < -0.4 is 0 Å². The lowest BCUT2D eigenvalue weighted by molar-refractivity contribution is 0.331. The molecule has 0 aliphatic rings. The van der Waals surface area contributed by atoms with Gasteiger partial charge in [0, 0.05) is 4.83 Å². The lowest BCUT2D eigenvalue weighted by Crippen LogP contribution is -1.81. The molecule has 1 atom stereocenters. The second-order valence-electron chi connectivity index (χ2n) is 2.62. The molecule has 0 aromatic carbocycles. The lowest BCUT2D eigenvalue weighted by atomic mass is 10.3. The normalized spacial score (nSPS) is 16.2. The van der Waals surface area contributed by atoms with Crippen molar-refractivity contribution < 1.29 is 5.11 Å². The first kappa shape index (κ1) is 11.7. The highest BCUT2D eigenvalue weighted by atomic mass is 79.9. The molecule has 0 aromatic heterocycles. The fraction of sp³-hybridized carbons (Fsp3) is 0.400. The Morgan fingerprint density at radius 2 is 2.08 bits per heavy atom. The smallest absolute Gasteiger partial charge is 0.0642 e. The first-order valence-electron chi connectivity index (χ1n) is 3.92. The summed E-state index contributed by atoms with van der Waals surface area (Å²) in [6.45, 7) is 4.07. The third-order valence-corrected chi connectivity index (χ3v) is 1.53. The van der Waals surface area contributed by atoms with E-state index < -0.39 is 0 Å². The standard InChI is InChI=1S/C10H15BrO/c1-9(8-12)6-4-3-5-7-10(2)11/h3-7,10,12H,8H2,1-2H3/b4-3-,7-5+,9-6+/t10-/m0/s1. The molecule has 1 nitrogen and oxygen atoms in total. The van der Waals surface area contributed by atoms with Gasteiger partial charge in [-0.3, -0.25) is 0 Å². The van der Waals surface area contributed by atoms with E-state index in [4.69, 9.17) is 5.11 Å². The van der Waals surface area contributed by atoms with Crippen molar-refractivity contribution in [2.45, 2.75) is 18.7 Å². The van der Waals surface area contributed by atoms with E-state index in [2.05, 4.69) is 22.9 Å². The van der Waals surface area contributed by atoms with Crippen LogP contribution in [-0.4, -0.2) is 16.5 Å². The molecular weight excluding hydrogens is 216 g/mol. The molecule has 0 aliphatic carbocycles. The SMILES string of the molecule is C\C(=C/C=C\C=C\[C@H](C)Br)CO. The molecule has 0 spiro atoms. The molecule has 0 bridgehead atoms. The largest absolute Gasteiger partial charge is 0.392 e. The second-order valence-corrected chi connectivity index (χ2v) is 4.06. The van der Waals surface area contributed by atoms with Crippen molar-refractivity contribution in [2.75, 3.05) is 6.61 Å². The third kappa shape index (κ3) is 7.76. The predicted molar refractivity (Wildman–Crippen MR) is 57.5 cm³/mol. The average molecular weight is 231 g/mol. The monoisotopic (exact) mass is 230 g/mol. The third-order valence-electron chi connectivity index (χ3n) is 1.23. The quantitative estimate of drug-likeness (QED) is 0.582. The zero-order chi connectivity index (χ0) is 9.40. The van der Waals surface area contributed by atoms with Crippen molar-refractivity contribution in [3.05, 3.63) is 36.0 Å². The molecule has 0 unspecified atom stereocenters. The number of hydrogen-bond acceptors (Lipinski definition) is 1. The zero-order valence-corrected chi connectivity index (χ0v) is 9.08. The van der Waals surface area contributed by atoms with Gasteiger partial charge in [-0.1, -0.05) is 46.3 Å². The Bertz CT molecular complexity index is 190. The summed E-state index contributed by atoms with van der Waals surface area (Å²) in [5, 5.41) is 8.65. The highest BCUT2D eigenvalue weighted by molar-refractivity contribution is 9.09. The molecule has 0 fully saturated rings. The minimum absolute atomic E-state index is 0.128. The number of aliphatic hydroxyl groups excluding tert-OH is 1. The molecule has 1 N–H and O–H groups in total. The summed E-state index contributed by atoms with van der Waals surface area (Å²) >= 11 is 3.39. The average Bonchev–Trinajstić information content (AvgIpc) is 2.03. The topological polar surface area (TPSA) is 20.2 Å². The maximum atomic E-state index is 8.65. The summed E-state index contributed by atoms with van der Waals surface area (Å²) in [5.74, 6) is 0. The van der Waals surface area contributed by atoms with Crippen molar-refractivity contribution in [1.29, 1.82) is 0 Å². The number of halogens is 1. The molecule has 0 radical (unpaired) electrons. The van der Waals surface area contributed by atoms with Crippen LogP contribution >= 0.6 is 15.9 Å². The first-order valence-corrected chi connectivity index (χ1v) is 4.84. The summed E-state index contributed by atoms with van der Waals surface area (Å²) < 4.78 is 0. The lowest BCUT2D eigenvalue weighted by Gasteiger charge is -1.88. The molecule has 0 amide bonds. The van der Waals surface area contributed by atoms with Gasteiger partial charge in [0.1, 0.15) is 0 Å². The summed E-state index contributed by atoms with van der Waals surface area (Å²) in [7, 11) is 0. The summed E-state index contributed by atoms with van der Waals surface area (Å²) in [4.78, 5) is 0.407. The summed E-state index contributed by atoms with van der Waals surface area (Å²) in [6, 6.07) is 0. The van der Waals surface area contributed by atoms with E-state index in [1.165, 1.54) is 0 Å². The van der Waals surface area contributed by atoms with E-state index in [0.29, 0.717) is 4.83 Å². The summed E-state index contributed by atoms with van der Waals surface area (Å²) in [6.07, 6.45) is 9.76. The van der Waals surface area contributed by atoms with Gasteiger partial charge in [-0.25, -0.2) is 0 Å². The highest BCUT2D eigenvalue weighted by Gasteiger charge is 1.81. The number of allylic oxidation sites excluding steroid dienone is 5. The second kappa shape index (κ2) is 7.32. The van der Waals surface area contributed by atoms with Crippen molar-refractivity contribution >= 4 is 15.9 Å². The zero-order valence-electron chi connectivity index (χ0n) is 7.50. The van der Waals surface area contributed by atoms with E-state index in [1.54, 1.807) is 0 Å². The number of rotatable bonds is 4. The Morgan fingerprint density at radius 1 is 1.42 bits per heavy atom. The van der Waals surface area contributed by atoms with Gasteiger partial charge in [0.2, 0.25) is 0 Å². The van der Waals surface area contributed by atoms with E-state index in [0.717, 1.165) is 5.57 Å². The van der Waals surface area contributed by atoms with E-state index in [1.807, 2.05) is 37.3 Å². The van der Waals surface area contributed by atoms with Gasteiger partial charge >= 0.3 is 0 Å². The van der Waals surface area contributed by atoms with Crippen LogP contribution in [0.5, 0.6) is 0 Å². The van der Waals surface area contributed by atoms with Gasteiger partial charge in [-0.2, -0.15) is 0 Å². The summed E-state index contributed by atoms with van der Waals surface area (Å²) in [5.41, 5.74) is 0.964. The maximum absolute atomic E-state index is 8.65. The molecule has 0 rings (SSSR count). The van der Waals surface area contributed by atoms with Crippen LogP contribution in [0.15, 0.2) is 36.0 Å². The molecule has 2 heteroatoms. The Hall–Kier alpha value is -0.340. The van der Waals surface area contributed by atoms with E-state index in [9.17, 15) is 0 Å². The first-order chi connectivity index (χ1) is 5.66. The number of aliphatic hydroxyl groups is 1. The number of hydrogen-bond donors (Lipinski definition) is 1. The van der Waals surface area contributed by atoms with Crippen LogP contribution in [0.3, 0.4) is 0 Å². The Morgan fingerprint density at radius 3 is 2.58 bits per heavy atom.